The van der Waals surface area contributed by atoms with Crippen LogP contribution in [0.1, 0.15) is 21.5 Å². The monoisotopic (exact) mass is 320 g/mol. The maximum absolute atomic E-state index is 14.7. The third kappa shape index (κ3) is 2.43. The van der Waals surface area contributed by atoms with Crippen LogP contribution >= 0.6 is 11.5 Å². The molecule has 0 aliphatic rings. The Kier molecular flexibility index (Phi) is 3.81. The van der Waals surface area contributed by atoms with E-state index in [1.807, 2.05) is 0 Å². The number of methoxy groups -OCH3 is 1. The topological polar surface area (TPSA) is 52.1 Å². The summed E-state index contributed by atoms with van der Waals surface area (Å²) in [6, 6.07) is 7.50. The van der Waals surface area contributed by atoms with Gasteiger partial charge < -0.3 is 4.74 Å². The lowest BCUT2D eigenvalue weighted by Gasteiger charge is -2.10. The summed E-state index contributed by atoms with van der Waals surface area (Å²) in [7, 11) is 1.21. The fraction of sp³-hybridized carbons (Fsp3) is 0.133. The molecule has 0 atom stereocenters. The van der Waals surface area contributed by atoms with E-state index in [0.29, 0.717) is 4.70 Å². The number of carbonyl (C=O) groups is 1. The van der Waals surface area contributed by atoms with Gasteiger partial charge in [-0.15, -0.1) is 5.10 Å². The molecule has 0 amide bonds. The number of nitrogens with zero attached hydrogens (tertiary/aromatic N) is 2. The molecule has 0 saturated carbocycles. The minimum absolute atomic E-state index is 0.0529. The Morgan fingerprint density at radius 3 is 2.82 bits per heavy atom. The van der Waals surface area contributed by atoms with Crippen LogP contribution in [-0.2, 0) is 11.2 Å². The van der Waals surface area contributed by atoms with Crippen molar-refractivity contribution in [3.05, 3.63) is 58.7 Å². The summed E-state index contributed by atoms with van der Waals surface area (Å²) >= 11 is 0.979. The number of aromatic nitrogens is 2. The van der Waals surface area contributed by atoms with Gasteiger partial charge in [0.2, 0.25) is 0 Å². The molecule has 0 N–H and O–H groups in total. The van der Waals surface area contributed by atoms with E-state index < -0.39 is 17.6 Å². The summed E-state index contributed by atoms with van der Waals surface area (Å²) < 4.78 is 37.3. The lowest BCUT2D eigenvalue weighted by Crippen LogP contribution is -2.09. The zero-order valence-corrected chi connectivity index (χ0v) is 12.3. The first-order valence-electron chi connectivity index (χ1n) is 6.37. The van der Waals surface area contributed by atoms with Gasteiger partial charge >= 0.3 is 5.97 Å². The molecule has 0 aliphatic heterocycles. The maximum atomic E-state index is 14.7. The number of fused-ring (bicyclic) bond motifs is 1. The Morgan fingerprint density at radius 2 is 2.09 bits per heavy atom. The Morgan fingerprint density at radius 1 is 1.32 bits per heavy atom. The average Bonchev–Trinajstić information content (AvgIpc) is 2.99. The Labute approximate surface area is 128 Å². The van der Waals surface area contributed by atoms with E-state index in [0.717, 1.165) is 11.5 Å². The minimum Gasteiger partial charge on any atom is -0.465 e. The van der Waals surface area contributed by atoms with E-state index in [9.17, 15) is 13.6 Å². The molecule has 0 unspecified atom stereocenters. The minimum atomic E-state index is -0.680. The van der Waals surface area contributed by atoms with Crippen molar-refractivity contribution < 1.29 is 18.3 Å². The number of ether oxygens (including phenoxy) is 1. The van der Waals surface area contributed by atoms with Crippen LogP contribution in [0.3, 0.4) is 0 Å². The van der Waals surface area contributed by atoms with Crippen molar-refractivity contribution in [1.29, 1.82) is 0 Å². The highest BCUT2D eigenvalue weighted by atomic mass is 32.1. The summed E-state index contributed by atoms with van der Waals surface area (Å²) in [6.07, 6.45) is -0.0730. The molecule has 112 valence electrons. The van der Waals surface area contributed by atoms with Gasteiger partial charge in [0, 0.05) is 12.0 Å². The van der Waals surface area contributed by atoms with E-state index in [1.54, 1.807) is 18.2 Å². The Hall–Kier alpha value is -2.41. The molecule has 3 rings (SSSR count). The summed E-state index contributed by atoms with van der Waals surface area (Å²) in [6.45, 7) is 0. The van der Waals surface area contributed by atoms with Crippen molar-refractivity contribution in [1.82, 2.24) is 9.59 Å². The molecule has 7 heteroatoms. The lowest BCUT2D eigenvalue weighted by atomic mass is 9.98. The summed E-state index contributed by atoms with van der Waals surface area (Å²) in [4.78, 5) is 11.9. The number of carbonyl (C=O) groups excluding carboxylic acids is 1. The fourth-order valence-electron chi connectivity index (χ4n) is 2.22. The van der Waals surface area contributed by atoms with Gasteiger partial charge in [-0.2, -0.15) is 0 Å². The van der Waals surface area contributed by atoms with E-state index in [2.05, 4.69) is 14.3 Å². The predicted octanol–water partition coefficient (Wildman–Crippen LogP) is 3.35. The summed E-state index contributed by atoms with van der Waals surface area (Å²) in [5, 5.41) is 3.72. The van der Waals surface area contributed by atoms with Gasteiger partial charge in [-0.05, 0) is 29.2 Å². The smallest absolute Gasteiger partial charge is 0.338 e. The molecule has 22 heavy (non-hydrogen) atoms. The number of hydrogen-bond donors (Lipinski definition) is 0. The molecule has 4 nitrogen and oxygen atoms in total. The highest BCUT2D eigenvalue weighted by Gasteiger charge is 2.22. The third-order valence-corrected chi connectivity index (χ3v) is 3.99. The Bertz CT molecular complexity index is 864. The zero-order valence-electron chi connectivity index (χ0n) is 11.5. The molecule has 0 saturated heterocycles. The number of rotatable bonds is 3. The van der Waals surface area contributed by atoms with Gasteiger partial charge in [0.05, 0.1) is 17.4 Å². The first kappa shape index (κ1) is 14.5. The van der Waals surface area contributed by atoms with Crippen molar-refractivity contribution in [2.24, 2.45) is 0 Å². The molecule has 1 heterocycles. The predicted molar refractivity (Wildman–Crippen MR) is 77.9 cm³/mol. The second kappa shape index (κ2) is 5.76. The van der Waals surface area contributed by atoms with E-state index in [1.165, 1.54) is 19.2 Å². The maximum Gasteiger partial charge on any atom is 0.338 e. The highest BCUT2D eigenvalue weighted by Crippen LogP contribution is 2.28. The highest BCUT2D eigenvalue weighted by molar-refractivity contribution is 7.12. The molecule has 1 aromatic heterocycles. The molecule has 2 aromatic carbocycles. The number of halogens is 2. The van der Waals surface area contributed by atoms with Gasteiger partial charge in [0.15, 0.2) is 5.82 Å². The molecule has 0 fully saturated rings. The number of hydrogen-bond acceptors (Lipinski definition) is 5. The van der Waals surface area contributed by atoms with Crippen LogP contribution in [0.15, 0.2) is 30.3 Å². The second-order valence-electron chi connectivity index (χ2n) is 4.60. The molecule has 0 bridgehead atoms. The largest absolute Gasteiger partial charge is 0.465 e. The normalized spacial score (nSPS) is 10.9. The molecule has 3 aromatic rings. The van der Waals surface area contributed by atoms with Gasteiger partial charge in [0.25, 0.3) is 0 Å². The lowest BCUT2D eigenvalue weighted by molar-refractivity contribution is 0.0599. The van der Waals surface area contributed by atoms with Gasteiger partial charge in [-0.1, -0.05) is 22.7 Å². The molecule has 0 radical (unpaired) electrons. The number of benzene rings is 2. The SMILES string of the molecule is COC(=O)c1cc2snnc2c(F)c1Cc1ccccc1F. The van der Waals surface area contributed by atoms with Crippen LogP contribution in [0, 0.1) is 11.6 Å². The van der Waals surface area contributed by atoms with Crippen LogP contribution < -0.4 is 0 Å². The van der Waals surface area contributed by atoms with Crippen LogP contribution in [0.4, 0.5) is 8.78 Å². The van der Waals surface area contributed by atoms with Crippen molar-refractivity contribution >= 4 is 27.7 Å². The van der Waals surface area contributed by atoms with Gasteiger partial charge in [0.1, 0.15) is 11.3 Å². The van der Waals surface area contributed by atoms with Crippen molar-refractivity contribution in [2.45, 2.75) is 6.42 Å². The quantitative estimate of drug-likeness (QED) is 0.695. The first-order chi connectivity index (χ1) is 10.6. The van der Waals surface area contributed by atoms with E-state index in [-0.39, 0.29) is 28.6 Å². The van der Waals surface area contributed by atoms with Crippen molar-refractivity contribution in [3.8, 4) is 0 Å². The van der Waals surface area contributed by atoms with Crippen molar-refractivity contribution in [3.63, 3.8) is 0 Å². The van der Waals surface area contributed by atoms with E-state index in [4.69, 9.17) is 0 Å². The zero-order chi connectivity index (χ0) is 15.7. The van der Waals surface area contributed by atoms with Crippen LogP contribution in [0.2, 0.25) is 0 Å². The summed E-state index contributed by atoms with van der Waals surface area (Å²) in [5.74, 6) is -1.82. The average molecular weight is 320 g/mol. The van der Waals surface area contributed by atoms with Crippen LogP contribution in [0.5, 0.6) is 0 Å². The first-order valence-corrected chi connectivity index (χ1v) is 7.14. The second-order valence-corrected chi connectivity index (χ2v) is 5.38. The molecular formula is C15H10F2N2O2S. The van der Waals surface area contributed by atoms with E-state index >= 15 is 0 Å². The van der Waals surface area contributed by atoms with Crippen LogP contribution in [-0.4, -0.2) is 22.7 Å². The van der Waals surface area contributed by atoms with Gasteiger partial charge in [-0.3, -0.25) is 0 Å². The summed E-state index contributed by atoms with van der Waals surface area (Å²) in [5.41, 5.74) is 0.469. The Balaban J connectivity index is 2.19. The van der Waals surface area contributed by atoms with Crippen LogP contribution in [0.25, 0.3) is 10.2 Å². The standard InChI is InChI=1S/C15H10F2N2O2S/c1-21-15(20)10-7-12-14(18-19-22-12)13(17)9(10)6-8-4-2-3-5-11(8)16/h2-5,7H,6H2,1H3. The molecule has 0 aliphatic carbocycles. The van der Waals surface area contributed by atoms with Gasteiger partial charge in [-0.25, -0.2) is 13.6 Å². The third-order valence-electron chi connectivity index (χ3n) is 3.32. The fourth-order valence-corrected chi connectivity index (χ4v) is 2.82. The van der Waals surface area contributed by atoms with Crippen molar-refractivity contribution in [2.75, 3.05) is 7.11 Å². The molecular weight excluding hydrogens is 310 g/mol. The number of esters is 1. The molecule has 0 spiro atoms.